The molecule has 0 aromatic heterocycles. The topological polar surface area (TPSA) is 41.1 Å². The minimum absolute atomic E-state index is 0.0570. The predicted octanol–water partition coefficient (Wildman–Crippen LogP) is 2.78. The van der Waals surface area contributed by atoms with Gasteiger partial charge in [0.2, 0.25) is 0 Å². The van der Waals surface area contributed by atoms with Gasteiger partial charge in [-0.3, -0.25) is 0 Å². The van der Waals surface area contributed by atoms with Gasteiger partial charge in [0.15, 0.2) is 11.6 Å². The number of hydrogen-bond donors (Lipinski definition) is 2. The smallest absolute Gasteiger partial charge is 0.319 e. The zero-order valence-corrected chi connectivity index (χ0v) is 8.90. The van der Waals surface area contributed by atoms with Crippen molar-refractivity contribution in [3.05, 3.63) is 29.6 Å². The second-order valence-electron chi connectivity index (χ2n) is 3.97. The summed E-state index contributed by atoms with van der Waals surface area (Å²) in [6.45, 7) is 0. The minimum Gasteiger partial charge on any atom is -0.335 e. The number of carbonyl (C=O) groups excluding carboxylic acids is 1. The number of rotatable bonds is 2. The zero-order chi connectivity index (χ0) is 12.4. The van der Waals surface area contributed by atoms with Crippen LogP contribution in [-0.4, -0.2) is 12.1 Å². The van der Waals surface area contributed by atoms with Gasteiger partial charge in [0.1, 0.15) is 11.5 Å². The maximum Gasteiger partial charge on any atom is 0.319 e. The van der Waals surface area contributed by atoms with Gasteiger partial charge in [0.25, 0.3) is 0 Å². The molecule has 1 aliphatic rings. The summed E-state index contributed by atoms with van der Waals surface area (Å²) in [6.07, 6.45) is 2.76. The van der Waals surface area contributed by atoms with Crippen LogP contribution in [0.3, 0.4) is 0 Å². The average molecular weight is 244 g/mol. The Morgan fingerprint density at radius 3 is 2.24 bits per heavy atom. The molecule has 0 radical (unpaired) electrons. The third-order valence-electron chi connectivity index (χ3n) is 2.69. The molecule has 17 heavy (non-hydrogen) atoms. The molecule has 2 amide bonds. The lowest BCUT2D eigenvalue weighted by Crippen LogP contribution is -2.42. The SMILES string of the molecule is O=C(Nc1c(F)cc(F)cc1F)NC1CCC1. The number of hydrogen-bond acceptors (Lipinski definition) is 1. The highest BCUT2D eigenvalue weighted by Crippen LogP contribution is 2.21. The van der Waals surface area contributed by atoms with Crippen LogP contribution in [0.1, 0.15) is 19.3 Å². The van der Waals surface area contributed by atoms with Gasteiger partial charge in [-0.15, -0.1) is 0 Å². The third kappa shape index (κ3) is 2.69. The number of benzene rings is 1. The first-order chi connectivity index (χ1) is 8.06. The Bertz CT molecular complexity index is 423. The van der Waals surface area contributed by atoms with Crippen LogP contribution in [0.25, 0.3) is 0 Å². The summed E-state index contributed by atoms with van der Waals surface area (Å²) in [4.78, 5) is 11.4. The molecule has 1 aromatic rings. The number of carbonyl (C=O) groups is 1. The van der Waals surface area contributed by atoms with E-state index in [1.165, 1.54) is 0 Å². The summed E-state index contributed by atoms with van der Waals surface area (Å²) in [5.74, 6) is -3.29. The van der Waals surface area contributed by atoms with E-state index in [-0.39, 0.29) is 6.04 Å². The highest BCUT2D eigenvalue weighted by Gasteiger charge is 2.21. The van der Waals surface area contributed by atoms with Gasteiger partial charge in [-0.1, -0.05) is 0 Å². The summed E-state index contributed by atoms with van der Waals surface area (Å²) in [7, 11) is 0. The van der Waals surface area contributed by atoms with E-state index < -0.39 is 29.2 Å². The fourth-order valence-electron chi connectivity index (χ4n) is 1.55. The molecule has 0 atom stereocenters. The van der Waals surface area contributed by atoms with Crippen molar-refractivity contribution in [3.63, 3.8) is 0 Å². The van der Waals surface area contributed by atoms with E-state index in [4.69, 9.17) is 0 Å². The minimum atomic E-state index is -1.13. The molecule has 3 nitrogen and oxygen atoms in total. The third-order valence-corrected chi connectivity index (χ3v) is 2.69. The summed E-state index contributed by atoms with van der Waals surface area (Å²) in [5.41, 5.74) is -0.636. The summed E-state index contributed by atoms with van der Waals surface area (Å²) < 4.78 is 39.0. The van der Waals surface area contributed by atoms with E-state index in [2.05, 4.69) is 5.32 Å². The molecule has 1 saturated carbocycles. The van der Waals surface area contributed by atoms with Gasteiger partial charge >= 0.3 is 6.03 Å². The Morgan fingerprint density at radius 1 is 1.18 bits per heavy atom. The van der Waals surface area contributed by atoms with Crippen molar-refractivity contribution >= 4 is 11.7 Å². The molecular weight excluding hydrogens is 233 g/mol. The Labute approximate surface area is 96.0 Å². The first kappa shape index (κ1) is 11.8. The van der Waals surface area contributed by atoms with E-state index in [1.54, 1.807) is 0 Å². The number of halogens is 3. The first-order valence-corrected chi connectivity index (χ1v) is 5.28. The van der Waals surface area contributed by atoms with Gasteiger partial charge < -0.3 is 10.6 Å². The van der Waals surface area contributed by atoms with E-state index in [9.17, 15) is 18.0 Å². The highest BCUT2D eigenvalue weighted by molar-refractivity contribution is 5.89. The molecular formula is C11H11F3N2O. The maximum atomic E-state index is 13.2. The van der Waals surface area contributed by atoms with Crippen molar-refractivity contribution in [1.29, 1.82) is 0 Å². The van der Waals surface area contributed by atoms with Gasteiger partial charge in [-0.05, 0) is 19.3 Å². The van der Waals surface area contributed by atoms with Crippen LogP contribution in [0.4, 0.5) is 23.7 Å². The lowest BCUT2D eigenvalue weighted by Gasteiger charge is -2.26. The largest absolute Gasteiger partial charge is 0.335 e. The van der Waals surface area contributed by atoms with E-state index in [0.29, 0.717) is 12.1 Å². The molecule has 0 unspecified atom stereocenters. The van der Waals surface area contributed by atoms with Crippen molar-refractivity contribution < 1.29 is 18.0 Å². The van der Waals surface area contributed by atoms with Gasteiger partial charge in [-0.25, -0.2) is 18.0 Å². The predicted molar refractivity (Wildman–Crippen MR) is 56.1 cm³/mol. The fourth-order valence-corrected chi connectivity index (χ4v) is 1.55. The quantitative estimate of drug-likeness (QED) is 0.825. The summed E-state index contributed by atoms with van der Waals surface area (Å²) in [5, 5.41) is 4.59. The molecule has 1 fully saturated rings. The molecule has 1 aromatic carbocycles. The molecule has 92 valence electrons. The van der Waals surface area contributed by atoms with Gasteiger partial charge in [-0.2, -0.15) is 0 Å². The number of amides is 2. The molecule has 0 heterocycles. The molecule has 6 heteroatoms. The number of nitrogens with one attached hydrogen (secondary N) is 2. The molecule has 0 bridgehead atoms. The van der Waals surface area contributed by atoms with Crippen LogP contribution >= 0.6 is 0 Å². The lowest BCUT2D eigenvalue weighted by atomic mass is 9.93. The van der Waals surface area contributed by atoms with Crippen molar-refractivity contribution in [3.8, 4) is 0 Å². The molecule has 1 aliphatic carbocycles. The normalized spacial score (nSPS) is 15.2. The van der Waals surface area contributed by atoms with Crippen LogP contribution in [0.15, 0.2) is 12.1 Å². The van der Waals surface area contributed by atoms with Crippen LogP contribution < -0.4 is 10.6 Å². The van der Waals surface area contributed by atoms with Crippen LogP contribution in [0, 0.1) is 17.5 Å². The van der Waals surface area contributed by atoms with Crippen molar-refractivity contribution in [1.82, 2.24) is 5.32 Å². The van der Waals surface area contributed by atoms with E-state index >= 15 is 0 Å². The highest BCUT2D eigenvalue weighted by atomic mass is 19.1. The second kappa shape index (κ2) is 4.65. The molecule has 2 rings (SSSR count). The van der Waals surface area contributed by atoms with Gasteiger partial charge in [0.05, 0.1) is 0 Å². The standard InChI is InChI=1S/C11H11F3N2O/c12-6-4-8(13)10(9(14)5-6)16-11(17)15-7-2-1-3-7/h4-5,7H,1-3H2,(H2,15,16,17). The Hall–Kier alpha value is -1.72. The number of urea groups is 1. The molecule has 0 saturated heterocycles. The summed E-state index contributed by atoms with van der Waals surface area (Å²) >= 11 is 0. The Balaban J connectivity index is 2.04. The molecule has 2 N–H and O–H groups in total. The molecule has 0 spiro atoms. The maximum absolute atomic E-state index is 13.2. The second-order valence-corrected chi connectivity index (χ2v) is 3.97. The fraction of sp³-hybridized carbons (Fsp3) is 0.364. The lowest BCUT2D eigenvalue weighted by molar-refractivity contribution is 0.239. The summed E-state index contributed by atoms with van der Waals surface area (Å²) in [6, 6.07) is 0.407. The molecule has 0 aliphatic heterocycles. The first-order valence-electron chi connectivity index (χ1n) is 5.28. The monoisotopic (exact) mass is 244 g/mol. The van der Waals surface area contributed by atoms with E-state index in [1.807, 2.05) is 5.32 Å². The van der Waals surface area contributed by atoms with Crippen LogP contribution in [0.5, 0.6) is 0 Å². The number of anilines is 1. The van der Waals surface area contributed by atoms with Crippen molar-refractivity contribution in [2.45, 2.75) is 25.3 Å². The van der Waals surface area contributed by atoms with Gasteiger partial charge in [0, 0.05) is 18.2 Å². The van der Waals surface area contributed by atoms with Crippen LogP contribution in [-0.2, 0) is 0 Å². The average Bonchev–Trinajstić information content (AvgIpc) is 2.17. The van der Waals surface area contributed by atoms with Crippen molar-refractivity contribution in [2.75, 3.05) is 5.32 Å². The van der Waals surface area contributed by atoms with Crippen molar-refractivity contribution in [2.24, 2.45) is 0 Å². The Morgan fingerprint density at radius 2 is 1.76 bits per heavy atom. The zero-order valence-electron chi connectivity index (χ0n) is 8.90. The Kier molecular flexibility index (Phi) is 3.21. The van der Waals surface area contributed by atoms with E-state index in [0.717, 1.165) is 19.3 Å². The van der Waals surface area contributed by atoms with Crippen LogP contribution in [0.2, 0.25) is 0 Å².